The normalized spacial score (nSPS) is 13.5. The molecule has 2 aromatic rings. The van der Waals surface area contributed by atoms with Gasteiger partial charge in [-0.15, -0.1) is 0 Å². The summed E-state index contributed by atoms with van der Waals surface area (Å²) in [6.45, 7) is 4.50. The van der Waals surface area contributed by atoms with Gasteiger partial charge in [0.15, 0.2) is 0 Å². The van der Waals surface area contributed by atoms with Crippen LogP contribution in [0.4, 0.5) is 0 Å². The molecule has 0 radical (unpaired) electrons. The number of hydrogen-bond acceptors (Lipinski definition) is 1. The van der Waals surface area contributed by atoms with Gasteiger partial charge in [-0.2, -0.15) is 0 Å². The monoisotopic (exact) mass is 238 g/mol. The molecule has 1 heteroatoms. The van der Waals surface area contributed by atoms with E-state index in [1.165, 1.54) is 33.4 Å². The van der Waals surface area contributed by atoms with Crippen LogP contribution in [0.5, 0.6) is 0 Å². The first-order valence-corrected chi connectivity index (χ1v) is 6.53. The summed E-state index contributed by atoms with van der Waals surface area (Å²) in [6, 6.07) is 13.3. The van der Waals surface area contributed by atoms with Crippen LogP contribution in [0.15, 0.2) is 36.4 Å². The van der Waals surface area contributed by atoms with Gasteiger partial charge in [0.1, 0.15) is 0 Å². The fraction of sp³-hybridized carbons (Fsp3) is 0.294. The van der Waals surface area contributed by atoms with E-state index in [4.69, 9.17) is 0 Å². The van der Waals surface area contributed by atoms with Crippen LogP contribution >= 0.6 is 0 Å². The van der Waals surface area contributed by atoms with Gasteiger partial charge >= 0.3 is 0 Å². The highest BCUT2D eigenvalue weighted by Gasteiger charge is 2.27. The maximum atomic E-state index is 9.32. The molecular weight excluding hydrogens is 220 g/mol. The van der Waals surface area contributed by atoms with E-state index < -0.39 is 0 Å². The van der Waals surface area contributed by atoms with E-state index in [0.717, 1.165) is 6.42 Å². The maximum absolute atomic E-state index is 9.32. The second-order valence-electron chi connectivity index (χ2n) is 5.25. The summed E-state index contributed by atoms with van der Waals surface area (Å²) >= 11 is 0. The minimum absolute atomic E-state index is 0.241. The number of hydrogen-bond donors (Lipinski definition) is 1. The van der Waals surface area contributed by atoms with E-state index in [9.17, 15) is 5.11 Å². The van der Waals surface area contributed by atoms with Crippen molar-refractivity contribution in [1.82, 2.24) is 0 Å². The molecule has 1 aliphatic carbocycles. The highest BCUT2D eigenvalue weighted by atomic mass is 16.3. The smallest absolute Gasteiger partial charge is 0.0440 e. The molecule has 0 saturated heterocycles. The van der Waals surface area contributed by atoms with E-state index in [2.05, 4.69) is 50.2 Å². The Balaban J connectivity index is 2.22. The molecule has 0 fully saturated rings. The van der Waals surface area contributed by atoms with Crippen LogP contribution < -0.4 is 0 Å². The number of aliphatic hydroxyl groups is 1. The Bertz CT molecular complexity index is 547. The first-order chi connectivity index (χ1) is 8.70. The lowest BCUT2D eigenvalue weighted by atomic mass is 9.92. The fourth-order valence-electron chi connectivity index (χ4n) is 3.04. The van der Waals surface area contributed by atoms with Crippen molar-refractivity contribution >= 4 is 0 Å². The standard InChI is InChI=1S/C17H18O/c1-11-3-5-13-14-6-4-12(2)10-17(14)15(7-8-18)16(13)9-11/h3-6,9-10,15,18H,7-8H2,1-2H3. The molecule has 0 bridgehead atoms. The molecule has 0 amide bonds. The molecule has 0 atom stereocenters. The summed E-state index contributed by atoms with van der Waals surface area (Å²) in [7, 11) is 0. The number of aliphatic hydroxyl groups excluding tert-OH is 1. The summed E-state index contributed by atoms with van der Waals surface area (Å²) < 4.78 is 0. The van der Waals surface area contributed by atoms with E-state index in [-0.39, 0.29) is 6.61 Å². The lowest BCUT2D eigenvalue weighted by Gasteiger charge is -2.12. The molecule has 2 aromatic carbocycles. The highest BCUT2D eigenvalue weighted by molar-refractivity contribution is 5.79. The molecule has 0 heterocycles. The fourth-order valence-corrected chi connectivity index (χ4v) is 3.04. The lowest BCUT2D eigenvalue weighted by Crippen LogP contribution is -2.00. The molecule has 0 unspecified atom stereocenters. The molecule has 0 saturated carbocycles. The third kappa shape index (κ3) is 1.67. The zero-order valence-electron chi connectivity index (χ0n) is 10.9. The number of aryl methyl sites for hydroxylation is 2. The maximum Gasteiger partial charge on any atom is 0.0440 e. The molecule has 1 nitrogen and oxygen atoms in total. The molecule has 18 heavy (non-hydrogen) atoms. The molecule has 0 aromatic heterocycles. The van der Waals surface area contributed by atoms with Crippen LogP contribution in [0.3, 0.4) is 0 Å². The average molecular weight is 238 g/mol. The lowest BCUT2D eigenvalue weighted by molar-refractivity contribution is 0.282. The van der Waals surface area contributed by atoms with Crippen LogP contribution in [0.2, 0.25) is 0 Å². The minimum atomic E-state index is 0.241. The Kier molecular flexibility index (Phi) is 2.71. The Labute approximate surface area is 108 Å². The van der Waals surface area contributed by atoms with Gasteiger partial charge in [-0.1, -0.05) is 47.5 Å². The van der Waals surface area contributed by atoms with Gasteiger partial charge in [-0.25, -0.2) is 0 Å². The Morgan fingerprint density at radius 1 is 0.889 bits per heavy atom. The minimum Gasteiger partial charge on any atom is -0.396 e. The first kappa shape index (κ1) is 11.5. The Morgan fingerprint density at radius 2 is 1.39 bits per heavy atom. The Morgan fingerprint density at radius 3 is 1.83 bits per heavy atom. The molecular formula is C17H18O. The van der Waals surface area contributed by atoms with Gasteiger partial charge in [-0.05, 0) is 42.5 Å². The molecule has 0 spiro atoms. The van der Waals surface area contributed by atoms with Crippen molar-refractivity contribution in [2.75, 3.05) is 6.61 Å². The predicted molar refractivity (Wildman–Crippen MR) is 74.9 cm³/mol. The van der Waals surface area contributed by atoms with Crippen molar-refractivity contribution < 1.29 is 5.11 Å². The summed E-state index contributed by atoms with van der Waals surface area (Å²) in [6.07, 6.45) is 0.812. The third-order valence-corrected chi connectivity index (χ3v) is 3.87. The molecule has 1 aliphatic rings. The van der Waals surface area contributed by atoms with Crippen LogP contribution in [-0.2, 0) is 0 Å². The third-order valence-electron chi connectivity index (χ3n) is 3.87. The largest absolute Gasteiger partial charge is 0.396 e. The molecule has 0 aliphatic heterocycles. The van der Waals surface area contributed by atoms with Gasteiger partial charge in [0.25, 0.3) is 0 Å². The van der Waals surface area contributed by atoms with E-state index in [1.807, 2.05) is 0 Å². The summed E-state index contributed by atoms with van der Waals surface area (Å²) in [4.78, 5) is 0. The van der Waals surface area contributed by atoms with Gasteiger partial charge < -0.3 is 5.11 Å². The van der Waals surface area contributed by atoms with Crippen molar-refractivity contribution in [3.05, 3.63) is 58.7 Å². The quantitative estimate of drug-likeness (QED) is 0.843. The van der Waals surface area contributed by atoms with Crippen molar-refractivity contribution in [2.24, 2.45) is 0 Å². The number of benzene rings is 2. The van der Waals surface area contributed by atoms with Crippen LogP contribution in [0, 0.1) is 13.8 Å². The SMILES string of the molecule is Cc1ccc2c(c1)C(CCO)c1cc(C)ccc1-2. The van der Waals surface area contributed by atoms with E-state index >= 15 is 0 Å². The van der Waals surface area contributed by atoms with Gasteiger partial charge in [0.2, 0.25) is 0 Å². The molecule has 1 N–H and O–H groups in total. The second-order valence-corrected chi connectivity index (χ2v) is 5.25. The summed E-state index contributed by atoms with van der Waals surface area (Å²) in [5, 5.41) is 9.32. The van der Waals surface area contributed by atoms with E-state index in [1.54, 1.807) is 0 Å². The topological polar surface area (TPSA) is 20.2 Å². The number of fused-ring (bicyclic) bond motifs is 3. The summed E-state index contributed by atoms with van der Waals surface area (Å²) in [5.74, 6) is 0.361. The average Bonchev–Trinajstić information content (AvgIpc) is 2.63. The summed E-state index contributed by atoms with van der Waals surface area (Å²) in [5.41, 5.74) is 8.03. The van der Waals surface area contributed by atoms with Crippen LogP contribution in [-0.4, -0.2) is 11.7 Å². The molecule has 92 valence electrons. The van der Waals surface area contributed by atoms with Crippen LogP contribution in [0.1, 0.15) is 34.6 Å². The van der Waals surface area contributed by atoms with Crippen LogP contribution in [0.25, 0.3) is 11.1 Å². The molecule has 3 rings (SSSR count). The predicted octanol–water partition coefficient (Wildman–Crippen LogP) is 3.80. The highest BCUT2D eigenvalue weighted by Crippen LogP contribution is 2.46. The van der Waals surface area contributed by atoms with Crippen molar-refractivity contribution in [1.29, 1.82) is 0 Å². The van der Waals surface area contributed by atoms with Gasteiger partial charge in [0, 0.05) is 12.5 Å². The Hall–Kier alpha value is -1.60. The zero-order valence-corrected chi connectivity index (χ0v) is 10.9. The first-order valence-electron chi connectivity index (χ1n) is 6.53. The van der Waals surface area contributed by atoms with Crippen molar-refractivity contribution in [3.63, 3.8) is 0 Å². The number of rotatable bonds is 2. The second kappa shape index (κ2) is 4.25. The van der Waals surface area contributed by atoms with E-state index in [0.29, 0.717) is 5.92 Å². The van der Waals surface area contributed by atoms with Crippen molar-refractivity contribution in [2.45, 2.75) is 26.2 Å². The van der Waals surface area contributed by atoms with Gasteiger partial charge in [-0.3, -0.25) is 0 Å². The van der Waals surface area contributed by atoms with Gasteiger partial charge in [0.05, 0.1) is 0 Å². The zero-order chi connectivity index (χ0) is 12.7. The van der Waals surface area contributed by atoms with Crippen molar-refractivity contribution in [3.8, 4) is 11.1 Å².